The van der Waals surface area contributed by atoms with Crippen LogP contribution in [0.25, 0.3) is 0 Å². The summed E-state index contributed by atoms with van der Waals surface area (Å²) in [6, 6.07) is 6.28. The van der Waals surface area contributed by atoms with Gasteiger partial charge in [-0.1, -0.05) is 28.1 Å². The monoisotopic (exact) mass is 325 g/mol. The zero-order valence-corrected chi connectivity index (χ0v) is 13.0. The summed E-state index contributed by atoms with van der Waals surface area (Å²) < 4.78 is 1.12. The Kier molecular flexibility index (Phi) is 4.96. The van der Waals surface area contributed by atoms with Crippen molar-refractivity contribution in [1.82, 2.24) is 15.5 Å². The van der Waals surface area contributed by atoms with E-state index in [0.717, 1.165) is 30.7 Å². The zero-order valence-electron chi connectivity index (χ0n) is 11.4. The number of piperazine rings is 1. The van der Waals surface area contributed by atoms with E-state index >= 15 is 0 Å². The van der Waals surface area contributed by atoms with E-state index in [9.17, 15) is 4.79 Å². The van der Waals surface area contributed by atoms with Crippen molar-refractivity contribution in [3.8, 4) is 0 Å². The van der Waals surface area contributed by atoms with Crippen LogP contribution < -0.4 is 10.6 Å². The minimum absolute atomic E-state index is 0.0808. The molecular weight excluding hydrogens is 306 g/mol. The van der Waals surface area contributed by atoms with Gasteiger partial charge in [0.05, 0.1) is 0 Å². The maximum atomic E-state index is 11.9. The van der Waals surface area contributed by atoms with Crippen molar-refractivity contribution in [2.24, 2.45) is 0 Å². The number of halogens is 1. The average Bonchev–Trinajstić information content (AvgIpc) is 2.43. The van der Waals surface area contributed by atoms with Gasteiger partial charge >= 0.3 is 0 Å². The van der Waals surface area contributed by atoms with Crippen molar-refractivity contribution in [3.05, 3.63) is 33.8 Å². The molecule has 1 aliphatic heterocycles. The molecule has 104 valence electrons. The highest BCUT2D eigenvalue weighted by molar-refractivity contribution is 9.10. The molecule has 0 bridgehead atoms. The third kappa shape index (κ3) is 3.55. The van der Waals surface area contributed by atoms with E-state index in [1.807, 2.05) is 0 Å². The first-order valence-corrected chi connectivity index (χ1v) is 7.32. The number of likely N-dealkylation sites (N-methyl/N-ethyl adjacent to an activating group) is 1. The van der Waals surface area contributed by atoms with E-state index in [1.54, 1.807) is 7.05 Å². The molecule has 1 atom stereocenters. The number of hydrogen-bond donors (Lipinski definition) is 2. The van der Waals surface area contributed by atoms with Crippen molar-refractivity contribution in [3.63, 3.8) is 0 Å². The van der Waals surface area contributed by atoms with Gasteiger partial charge in [0.15, 0.2) is 0 Å². The molecule has 4 nitrogen and oxygen atoms in total. The Bertz CT molecular complexity index is 464. The number of aryl methyl sites for hydroxylation is 1. The highest BCUT2D eigenvalue weighted by atomic mass is 79.9. The topological polar surface area (TPSA) is 44.4 Å². The first-order valence-electron chi connectivity index (χ1n) is 6.53. The Hall–Kier alpha value is -0.910. The SMILES string of the molecule is CNC(=O)C1CNCCN1Cc1ccc(Br)c(C)c1. The molecule has 1 heterocycles. The quantitative estimate of drug-likeness (QED) is 0.879. The summed E-state index contributed by atoms with van der Waals surface area (Å²) in [7, 11) is 1.69. The molecule has 1 saturated heterocycles. The van der Waals surface area contributed by atoms with Crippen LogP contribution in [0.4, 0.5) is 0 Å². The Morgan fingerprint density at radius 1 is 1.58 bits per heavy atom. The van der Waals surface area contributed by atoms with Crippen molar-refractivity contribution in [2.75, 3.05) is 26.7 Å². The predicted molar refractivity (Wildman–Crippen MR) is 80.0 cm³/mol. The van der Waals surface area contributed by atoms with Crippen LogP contribution in [0.5, 0.6) is 0 Å². The smallest absolute Gasteiger partial charge is 0.238 e. The second-order valence-corrected chi connectivity index (χ2v) is 5.74. The summed E-state index contributed by atoms with van der Waals surface area (Å²) >= 11 is 3.51. The molecule has 19 heavy (non-hydrogen) atoms. The number of rotatable bonds is 3. The summed E-state index contributed by atoms with van der Waals surface area (Å²) in [5, 5.41) is 6.02. The molecule has 0 radical (unpaired) electrons. The second-order valence-electron chi connectivity index (χ2n) is 4.89. The summed E-state index contributed by atoms with van der Waals surface area (Å²) in [6.07, 6.45) is 0. The molecule has 1 aromatic rings. The summed E-state index contributed by atoms with van der Waals surface area (Å²) in [4.78, 5) is 14.1. The molecule has 2 rings (SSSR count). The van der Waals surface area contributed by atoms with E-state index in [4.69, 9.17) is 0 Å². The first-order chi connectivity index (χ1) is 9.11. The molecular formula is C14H20BrN3O. The number of nitrogens with one attached hydrogen (secondary N) is 2. The van der Waals surface area contributed by atoms with Gasteiger partial charge in [-0.2, -0.15) is 0 Å². The third-order valence-corrected chi connectivity index (χ3v) is 4.40. The van der Waals surface area contributed by atoms with Crippen molar-refractivity contribution in [2.45, 2.75) is 19.5 Å². The number of carbonyl (C=O) groups is 1. The molecule has 1 unspecified atom stereocenters. The Labute approximate surface area is 122 Å². The normalized spacial score (nSPS) is 20.3. The highest BCUT2D eigenvalue weighted by Crippen LogP contribution is 2.19. The van der Waals surface area contributed by atoms with Crippen LogP contribution in [0.15, 0.2) is 22.7 Å². The van der Waals surface area contributed by atoms with E-state index in [2.05, 4.69) is 56.6 Å². The largest absolute Gasteiger partial charge is 0.358 e. The van der Waals surface area contributed by atoms with E-state index in [0.29, 0.717) is 0 Å². The lowest BCUT2D eigenvalue weighted by Crippen LogP contribution is -2.56. The summed E-state index contributed by atoms with van der Waals surface area (Å²) in [6.45, 7) is 5.45. The number of benzene rings is 1. The van der Waals surface area contributed by atoms with Gasteiger partial charge in [-0.05, 0) is 24.1 Å². The lowest BCUT2D eigenvalue weighted by Gasteiger charge is -2.34. The van der Waals surface area contributed by atoms with Gasteiger partial charge in [-0.25, -0.2) is 0 Å². The van der Waals surface area contributed by atoms with Crippen LogP contribution in [-0.4, -0.2) is 43.5 Å². The first kappa shape index (κ1) is 14.5. The molecule has 0 saturated carbocycles. The van der Waals surface area contributed by atoms with E-state index in [1.165, 1.54) is 11.1 Å². The van der Waals surface area contributed by atoms with Gasteiger partial charge in [-0.3, -0.25) is 9.69 Å². The predicted octanol–water partition coefficient (Wildman–Crippen LogP) is 1.28. The standard InChI is InChI=1S/C14H20BrN3O/c1-10-7-11(3-4-12(10)15)9-18-6-5-17-8-13(18)14(19)16-2/h3-4,7,13,17H,5-6,8-9H2,1-2H3,(H,16,19). The van der Waals surface area contributed by atoms with Crippen LogP contribution in [0.3, 0.4) is 0 Å². The maximum absolute atomic E-state index is 11.9. The van der Waals surface area contributed by atoms with Gasteiger partial charge in [0, 0.05) is 37.7 Å². The molecule has 0 spiro atoms. The van der Waals surface area contributed by atoms with Gasteiger partial charge in [0.1, 0.15) is 6.04 Å². The average molecular weight is 326 g/mol. The lowest BCUT2D eigenvalue weighted by atomic mass is 10.1. The fraction of sp³-hybridized carbons (Fsp3) is 0.500. The third-order valence-electron chi connectivity index (χ3n) is 3.51. The maximum Gasteiger partial charge on any atom is 0.238 e. The van der Waals surface area contributed by atoms with Crippen LogP contribution in [-0.2, 0) is 11.3 Å². The molecule has 1 amide bonds. The second kappa shape index (κ2) is 6.50. The molecule has 0 aromatic heterocycles. The summed E-state index contributed by atoms with van der Waals surface area (Å²) in [5.41, 5.74) is 2.47. The van der Waals surface area contributed by atoms with E-state index in [-0.39, 0.29) is 11.9 Å². The number of nitrogens with zero attached hydrogens (tertiary/aromatic N) is 1. The minimum atomic E-state index is -0.0808. The number of hydrogen-bond acceptors (Lipinski definition) is 3. The van der Waals surface area contributed by atoms with Gasteiger partial charge in [-0.15, -0.1) is 0 Å². The van der Waals surface area contributed by atoms with Gasteiger partial charge in [0.2, 0.25) is 5.91 Å². The minimum Gasteiger partial charge on any atom is -0.358 e. The van der Waals surface area contributed by atoms with Gasteiger partial charge < -0.3 is 10.6 Å². The molecule has 1 fully saturated rings. The summed E-state index contributed by atoms with van der Waals surface area (Å²) in [5.74, 6) is 0.0843. The number of amides is 1. The fourth-order valence-electron chi connectivity index (χ4n) is 2.40. The van der Waals surface area contributed by atoms with Crippen LogP contribution in [0.2, 0.25) is 0 Å². The van der Waals surface area contributed by atoms with Crippen molar-refractivity contribution >= 4 is 21.8 Å². The van der Waals surface area contributed by atoms with Crippen LogP contribution in [0.1, 0.15) is 11.1 Å². The van der Waals surface area contributed by atoms with Crippen molar-refractivity contribution < 1.29 is 4.79 Å². The number of carbonyl (C=O) groups excluding carboxylic acids is 1. The Balaban J connectivity index is 2.10. The zero-order chi connectivity index (χ0) is 13.8. The molecule has 1 aliphatic rings. The van der Waals surface area contributed by atoms with Crippen molar-refractivity contribution in [1.29, 1.82) is 0 Å². The Morgan fingerprint density at radius 3 is 3.05 bits per heavy atom. The molecule has 0 aliphatic carbocycles. The molecule has 1 aromatic carbocycles. The van der Waals surface area contributed by atoms with Crippen LogP contribution >= 0.6 is 15.9 Å². The van der Waals surface area contributed by atoms with E-state index < -0.39 is 0 Å². The molecule has 5 heteroatoms. The van der Waals surface area contributed by atoms with Crippen LogP contribution in [0, 0.1) is 6.92 Å². The molecule has 2 N–H and O–H groups in total. The Morgan fingerprint density at radius 2 is 2.37 bits per heavy atom. The lowest BCUT2D eigenvalue weighted by molar-refractivity contribution is -0.126. The highest BCUT2D eigenvalue weighted by Gasteiger charge is 2.27. The fourth-order valence-corrected chi connectivity index (χ4v) is 2.65. The van der Waals surface area contributed by atoms with Gasteiger partial charge in [0.25, 0.3) is 0 Å².